The van der Waals surface area contributed by atoms with Crippen molar-refractivity contribution in [3.8, 4) is 0 Å². The molecule has 0 saturated carbocycles. The number of pyridine rings is 1. The normalized spacial score (nSPS) is 12.3. The van der Waals surface area contributed by atoms with Crippen LogP contribution in [-0.2, 0) is 24.8 Å². The van der Waals surface area contributed by atoms with E-state index in [1.165, 1.54) is 41.9 Å². The van der Waals surface area contributed by atoms with E-state index in [0.717, 1.165) is 4.31 Å². The highest BCUT2D eigenvalue weighted by Crippen LogP contribution is 2.23. The summed E-state index contributed by atoms with van der Waals surface area (Å²) in [5, 5.41) is 2.57. The number of nitrogens with one attached hydrogen (secondary N) is 1. The Morgan fingerprint density at radius 1 is 1.07 bits per heavy atom. The number of aryl methyl sites for hydroxylation is 1. The van der Waals surface area contributed by atoms with E-state index < -0.39 is 32.5 Å². The maximum atomic E-state index is 12.8. The quantitative estimate of drug-likeness (QED) is 0.616. The maximum absolute atomic E-state index is 12.8. The second-order valence-corrected chi connectivity index (χ2v) is 10.5. The number of aromatic nitrogens is 1. The number of hydrogen-bond donors (Lipinski definition) is 1. The number of carbonyl (C=O) groups excluding carboxylic acids is 1. The topological polar surface area (TPSA) is 117 Å². The number of hydrogen-bond acceptors (Lipinski definition) is 6. The van der Waals surface area contributed by atoms with Gasteiger partial charge in [0.25, 0.3) is 0 Å². The summed E-state index contributed by atoms with van der Waals surface area (Å²) >= 11 is 0. The van der Waals surface area contributed by atoms with E-state index in [9.17, 15) is 21.6 Å². The third-order valence-corrected chi connectivity index (χ3v) is 8.48. The molecule has 30 heavy (non-hydrogen) atoms. The zero-order valence-corrected chi connectivity index (χ0v) is 19.0. The molecule has 0 fully saturated rings. The number of carbonyl (C=O) groups is 1. The van der Waals surface area contributed by atoms with E-state index in [2.05, 4.69) is 10.3 Å². The number of benzene rings is 1. The summed E-state index contributed by atoms with van der Waals surface area (Å²) in [6, 6.07) is 7.44. The predicted molar refractivity (Wildman–Crippen MR) is 114 cm³/mol. The summed E-state index contributed by atoms with van der Waals surface area (Å²) in [6.07, 6.45) is 2.65. The second-order valence-electron chi connectivity index (χ2n) is 6.57. The number of sulfonamides is 2. The van der Waals surface area contributed by atoms with E-state index in [4.69, 9.17) is 0 Å². The molecule has 2 rings (SSSR count). The molecule has 1 aromatic heterocycles. The van der Waals surface area contributed by atoms with Gasteiger partial charge >= 0.3 is 0 Å². The van der Waals surface area contributed by atoms with Crippen LogP contribution >= 0.6 is 0 Å². The van der Waals surface area contributed by atoms with Crippen molar-refractivity contribution in [1.82, 2.24) is 13.6 Å². The zero-order chi connectivity index (χ0) is 22.5. The van der Waals surface area contributed by atoms with E-state index in [-0.39, 0.29) is 15.5 Å². The lowest BCUT2D eigenvalue weighted by molar-refractivity contribution is -0.116. The highest BCUT2D eigenvalue weighted by Gasteiger charge is 2.25. The number of nitrogens with zero attached hydrogens (tertiary/aromatic N) is 3. The molecule has 2 aromatic rings. The summed E-state index contributed by atoms with van der Waals surface area (Å²) < 4.78 is 52.9. The van der Waals surface area contributed by atoms with Gasteiger partial charge in [-0.05, 0) is 36.8 Å². The first-order valence-electron chi connectivity index (χ1n) is 9.31. The molecule has 1 heterocycles. The Morgan fingerprint density at radius 3 is 2.30 bits per heavy atom. The van der Waals surface area contributed by atoms with Crippen molar-refractivity contribution in [3.05, 3.63) is 48.3 Å². The number of amides is 1. The van der Waals surface area contributed by atoms with E-state index in [1.807, 2.05) is 0 Å². The maximum Gasteiger partial charge on any atom is 0.244 e. The van der Waals surface area contributed by atoms with E-state index in [1.54, 1.807) is 32.9 Å². The molecule has 9 nitrogen and oxygen atoms in total. The Kier molecular flexibility index (Phi) is 7.70. The van der Waals surface area contributed by atoms with Crippen LogP contribution in [0.1, 0.15) is 19.4 Å². The molecular formula is C19H26N4O5S2. The molecule has 0 aliphatic heterocycles. The molecule has 0 spiro atoms. The molecule has 0 aliphatic carbocycles. The minimum atomic E-state index is -3.88. The summed E-state index contributed by atoms with van der Waals surface area (Å²) in [4.78, 5) is 16.3. The van der Waals surface area contributed by atoms with Crippen molar-refractivity contribution in [2.24, 2.45) is 0 Å². The molecule has 1 N–H and O–H groups in total. The van der Waals surface area contributed by atoms with Crippen molar-refractivity contribution in [2.45, 2.75) is 30.6 Å². The van der Waals surface area contributed by atoms with Crippen LogP contribution in [0.4, 0.5) is 5.69 Å². The number of anilines is 1. The lowest BCUT2D eigenvalue weighted by Gasteiger charge is -2.20. The van der Waals surface area contributed by atoms with Crippen LogP contribution in [0, 0.1) is 6.92 Å². The van der Waals surface area contributed by atoms with Crippen LogP contribution in [-0.4, -0.2) is 63.0 Å². The van der Waals surface area contributed by atoms with Gasteiger partial charge in [-0.3, -0.25) is 9.78 Å². The molecule has 1 amide bonds. The molecule has 0 aliphatic rings. The Balaban J connectivity index is 2.20. The van der Waals surface area contributed by atoms with Gasteiger partial charge in [-0.15, -0.1) is 0 Å². The largest absolute Gasteiger partial charge is 0.325 e. The van der Waals surface area contributed by atoms with Crippen LogP contribution in [0.3, 0.4) is 0 Å². The van der Waals surface area contributed by atoms with Crippen LogP contribution in [0.25, 0.3) is 0 Å². The summed E-state index contributed by atoms with van der Waals surface area (Å²) in [5.74, 6) is -0.597. The van der Waals surface area contributed by atoms with Crippen molar-refractivity contribution >= 4 is 31.6 Å². The Morgan fingerprint density at radius 2 is 1.73 bits per heavy atom. The number of rotatable bonds is 9. The SMILES string of the molecule is CCN(CC)S(=O)(=O)c1cc(NC(=O)CN(C)S(=O)(=O)c2cccnc2)ccc1C. The Bertz CT molecular complexity index is 1100. The van der Waals surface area contributed by atoms with Gasteiger partial charge in [-0.1, -0.05) is 19.9 Å². The summed E-state index contributed by atoms with van der Waals surface area (Å²) in [7, 11) is -6.29. The first-order valence-corrected chi connectivity index (χ1v) is 12.2. The predicted octanol–water partition coefficient (Wildman–Crippen LogP) is 1.68. The molecule has 0 bridgehead atoms. The van der Waals surface area contributed by atoms with Gasteiger partial charge in [0.1, 0.15) is 4.90 Å². The molecule has 0 unspecified atom stereocenters. The molecular weight excluding hydrogens is 428 g/mol. The lowest BCUT2D eigenvalue weighted by Crippen LogP contribution is -2.35. The highest BCUT2D eigenvalue weighted by molar-refractivity contribution is 7.89. The van der Waals surface area contributed by atoms with Gasteiger partial charge in [0.2, 0.25) is 26.0 Å². The van der Waals surface area contributed by atoms with E-state index >= 15 is 0 Å². The Hall–Kier alpha value is -2.34. The minimum Gasteiger partial charge on any atom is -0.325 e. The van der Waals surface area contributed by atoms with E-state index in [0.29, 0.717) is 18.7 Å². The van der Waals surface area contributed by atoms with Gasteiger partial charge in [-0.25, -0.2) is 16.8 Å². The van der Waals surface area contributed by atoms with Gasteiger partial charge in [0.15, 0.2) is 0 Å². The first-order chi connectivity index (χ1) is 14.0. The minimum absolute atomic E-state index is 0.0248. The smallest absolute Gasteiger partial charge is 0.244 e. The zero-order valence-electron chi connectivity index (χ0n) is 17.4. The standard InChI is InChI=1S/C19H26N4O5S2/c1-5-23(6-2)30(27,28)18-12-16(10-9-15(18)3)21-19(24)14-22(4)29(25,26)17-8-7-11-20-13-17/h7-13H,5-6,14H2,1-4H3,(H,21,24). The van der Waals surface area contributed by atoms with Crippen molar-refractivity contribution in [1.29, 1.82) is 0 Å². The second kappa shape index (κ2) is 9.65. The third kappa shape index (κ3) is 5.22. The Labute approximate surface area is 177 Å². The summed E-state index contributed by atoms with van der Waals surface area (Å²) in [5.41, 5.74) is 0.819. The van der Waals surface area contributed by atoms with Crippen LogP contribution in [0.2, 0.25) is 0 Å². The van der Waals surface area contributed by atoms with Gasteiger partial charge < -0.3 is 5.32 Å². The fourth-order valence-electron chi connectivity index (χ4n) is 2.83. The van der Waals surface area contributed by atoms with Crippen LogP contribution < -0.4 is 5.32 Å². The average Bonchev–Trinajstić information content (AvgIpc) is 2.70. The van der Waals surface area contributed by atoms with Crippen molar-refractivity contribution in [2.75, 3.05) is 32.0 Å². The molecule has 0 atom stereocenters. The van der Waals surface area contributed by atoms with Crippen LogP contribution in [0.5, 0.6) is 0 Å². The van der Waals surface area contributed by atoms with Crippen molar-refractivity contribution in [3.63, 3.8) is 0 Å². The fraction of sp³-hybridized carbons (Fsp3) is 0.368. The average molecular weight is 455 g/mol. The molecule has 0 radical (unpaired) electrons. The fourth-order valence-corrected chi connectivity index (χ4v) is 5.63. The molecule has 164 valence electrons. The third-order valence-electron chi connectivity index (χ3n) is 4.50. The highest BCUT2D eigenvalue weighted by atomic mass is 32.2. The lowest BCUT2D eigenvalue weighted by atomic mass is 10.2. The summed E-state index contributed by atoms with van der Waals surface area (Å²) in [6.45, 7) is 5.39. The van der Waals surface area contributed by atoms with Gasteiger partial charge in [0.05, 0.1) is 11.4 Å². The van der Waals surface area contributed by atoms with Gasteiger partial charge in [0, 0.05) is 38.2 Å². The molecule has 1 aromatic carbocycles. The molecule has 11 heteroatoms. The first kappa shape index (κ1) is 23.9. The van der Waals surface area contributed by atoms with Gasteiger partial charge in [-0.2, -0.15) is 8.61 Å². The van der Waals surface area contributed by atoms with Crippen molar-refractivity contribution < 1.29 is 21.6 Å². The molecule has 0 saturated heterocycles. The number of likely N-dealkylation sites (N-methyl/N-ethyl adjacent to an activating group) is 1. The van der Waals surface area contributed by atoms with Crippen LogP contribution in [0.15, 0.2) is 52.5 Å². The monoisotopic (exact) mass is 454 g/mol.